The van der Waals surface area contributed by atoms with E-state index in [2.05, 4.69) is 13.0 Å². The summed E-state index contributed by atoms with van der Waals surface area (Å²) in [6.07, 6.45) is 0.915. The van der Waals surface area contributed by atoms with Gasteiger partial charge >= 0.3 is 0 Å². The molecule has 1 unspecified atom stereocenters. The number of hydrogen-bond acceptors (Lipinski definition) is 3. The molecule has 0 saturated carbocycles. The van der Waals surface area contributed by atoms with Crippen LogP contribution in [0.15, 0.2) is 12.1 Å². The largest absolute Gasteiger partial charge is 0.489 e. The van der Waals surface area contributed by atoms with Crippen LogP contribution in [-0.2, 0) is 17.8 Å². The third kappa shape index (κ3) is 2.85. The van der Waals surface area contributed by atoms with Crippen LogP contribution in [0.4, 0.5) is 0 Å². The quantitative estimate of drug-likeness (QED) is 0.922. The maximum Gasteiger partial charge on any atom is 0.238 e. The zero-order chi connectivity index (χ0) is 14.0. The molecule has 1 aromatic carbocycles. The molecule has 0 saturated heterocycles. The molecule has 0 bridgehead atoms. The molecule has 0 aliphatic carbocycles. The molecule has 0 spiro atoms. The van der Waals surface area contributed by atoms with Crippen LogP contribution in [0.3, 0.4) is 0 Å². The zero-order valence-corrected chi connectivity index (χ0v) is 12.0. The van der Waals surface area contributed by atoms with Crippen LogP contribution in [0.2, 0.25) is 5.02 Å². The highest BCUT2D eigenvalue weighted by atomic mass is 35.5. The van der Waals surface area contributed by atoms with Crippen molar-refractivity contribution in [1.82, 2.24) is 4.90 Å². The van der Waals surface area contributed by atoms with E-state index < -0.39 is 6.04 Å². The molecule has 5 heteroatoms. The first kappa shape index (κ1) is 14.2. The lowest BCUT2D eigenvalue weighted by molar-refractivity contribution is -0.124. The molecule has 19 heavy (non-hydrogen) atoms. The Morgan fingerprint density at radius 3 is 2.84 bits per heavy atom. The number of nitrogens with zero attached hydrogens (tertiary/aromatic N) is 1. The van der Waals surface area contributed by atoms with Crippen molar-refractivity contribution in [3.63, 3.8) is 0 Å². The van der Waals surface area contributed by atoms with Gasteiger partial charge in [0.25, 0.3) is 0 Å². The maximum absolute atomic E-state index is 11.5. The van der Waals surface area contributed by atoms with Gasteiger partial charge < -0.3 is 10.5 Å². The van der Waals surface area contributed by atoms with E-state index in [4.69, 9.17) is 22.1 Å². The van der Waals surface area contributed by atoms with Gasteiger partial charge in [0.05, 0.1) is 5.02 Å². The third-order valence-corrected chi connectivity index (χ3v) is 3.80. The predicted octanol–water partition coefficient (Wildman–Crippen LogP) is 1.97. The second-order valence-corrected chi connectivity index (χ2v) is 5.12. The number of hydrogen-bond donors (Lipinski definition) is 1. The smallest absolute Gasteiger partial charge is 0.238 e. The topological polar surface area (TPSA) is 55.6 Å². The summed E-state index contributed by atoms with van der Waals surface area (Å²) in [6, 6.07) is 3.60. The molecule has 1 amide bonds. The van der Waals surface area contributed by atoms with Crippen molar-refractivity contribution >= 4 is 17.5 Å². The zero-order valence-electron chi connectivity index (χ0n) is 11.3. The van der Waals surface area contributed by atoms with Gasteiger partial charge in [0, 0.05) is 12.1 Å². The first-order chi connectivity index (χ1) is 9.06. The number of amides is 1. The van der Waals surface area contributed by atoms with E-state index >= 15 is 0 Å². The number of likely N-dealkylation sites (N-methyl/N-ethyl adjacent to an activating group) is 1. The molecule has 1 aliphatic rings. The first-order valence-corrected chi connectivity index (χ1v) is 6.92. The molecule has 1 aromatic rings. The lowest BCUT2D eigenvalue weighted by Gasteiger charge is -2.24. The van der Waals surface area contributed by atoms with Crippen LogP contribution >= 0.6 is 11.6 Å². The second-order valence-electron chi connectivity index (χ2n) is 4.71. The number of aryl methyl sites for hydroxylation is 1. The lowest BCUT2D eigenvalue weighted by Crippen LogP contribution is -2.46. The minimum absolute atomic E-state index is 0.251. The van der Waals surface area contributed by atoms with Crippen LogP contribution in [0.25, 0.3) is 0 Å². The highest BCUT2D eigenvalue weighted by molar-refractivity contribution is 6.32. The number of carbonyl (C=O) groups excluding carboxylic acids is 1. The van der Waals surface area contributed by atoms with Gasteiger partial charge in [-0.25, -0.2) is 0 Å². The summed E-state index contributed by atoms with van der Waals surface area (Å²) in [5.74, 6) is 0.322. The number of fused-ring (bicyclic) bond motifs is 1. The van der Waals surface area contributed by atoms with Crippen LogP contribution in [0.1, 0.15) is 25.0 Å². The van der Waals surface area contributed by atoms with Crippen LogP contribution < -0.4 is 10.5 Å². The fourth-order valence-electron chi connectivity index (χ4n) is 2.39. The monoisotopic (exact) mass is 282 g/mol. The Labute approximate surface area is 118 Å². The molecule has 2 N–H and O–H groups in total. The van der Waals surface area contributed by atoms with Crippen molar-refractivity contribution in [2.45, 2.75) is 32.9 Å². The van der Waals surface area contributed by atoms with Gasteiger partial charge in [-0.15, -0.1) is 0 Å². The number of carbonyl (C=O) groups is 1. The Bertz CT molecular complexity index is 491. The summed E-state index contributed by atoms with van der Waals surface area (Å²) >= 11 is 6.26. The van der Waals surface area contributed by atoms with Crippen LogP contribution in [0.5, 0.6) is 5.75 Å². The summed E-state index contributed by atoms with van der Waals surface area (Å²) < 4.78 is 5.71. The molecule has 0 radical (unpaired) electrons. The van der Waals surface area contributed by atoms with E-state index in [0.29, 0.717) is 17.3 Å². The average Bonchev–Trinajstić information content (AvgIpc) is 2.57. The summed E-state index contributed by atoms with van der Waals surface area (Å²) in [6.45, 7) is 5.71. The average molecular weight is 283 g/mol. The van der Waals surface area contributed by atoms with Gasteiger partial charge in [-0.3, -0.25) is 9.69 Å². The number of primary amides is 1. The van der Waals surface area contributed by atoms with E-state index in [1.807, 2.05) is 17.9 Å². The number of ether oxygens (including phenoxy) is 1. The Morgan fingerprint density at radius 1 is 1.53 bits per heavy atom. The van der Waals surface area contributed by atoms with Gasteiger partial charge in [-0.05, 0) is 24.6 Å². The molecule has 0 fully saturated rings. The summed E-state index contributed by atoms with van der Waals surface area (Å²) in [4.78, 5) is 13.5. The Kier molecular flexibility index (Phi) is 4.32. The minimum Gasteiger partial charge on any atom is -0.489 e. The highest BCUT2D eigenvalue weighted by Gasteiger charge is 2.29. The maximum atomic E-state index is 11.5. The molecular weight excluding hydrogens is 264 g/mol. The number of rotatable bonds is 3. The summed E-state index contributed by atoms with van der Waals surface area (Å²) in [5.41, 5.74) is 7.63. The van der Waals surface area contributed by atoms with Crippen LogP contribution in [-0.4, -0.2) is 30.0 Å². The van der Waals surface area contributed by atoms with E-state index in [0.717, 1.165) is 18.5 Å². The van der Waals surface area contributed by atoms with Crippen LogP contribution in [0, 0.1) is 0 Å². The Balaban J connectivity index is 2.39. The fraction of sp³-hybridized carbons (Fsp3) is 0.500. The lowest BCUT2D eigenvalue weighted by atomic mass is 10.1. The highest BCUT2D eigenvalue weighted by Crippen LogP contribution is 2.34. The second kappa shape index (κ2) is 5.80. The van der Waals surface area contributed by atoms with E-state index in [1.165, 1.54) is 5.56 Å². The van der Waals surface area contributed by atoms with Gasteiger partial charge in [0.15, 0.2) is 0 Å². The molecule has 104 valence electrons. The van der Waals surface area contributed by atoms with Crippen molar-refractivity contribution < 1.29 is 9.53 Å². The molecule has 1 heterocycles. The van der Waals surface area contributed by atoms with Crippen molar-refractivity contribution in [1.29, 1.82) is 0 Å². The van der Waals surface area contributed by atoms with E-state index in [9.17, 15) is 4.79 Å². The molecular formula is C14H19ClN2O2. The summed E-state index contributed by atoms with van der Waals surface area (Å²) in [7, 11) is 0. The predicted molar refractivity (Wildman–Crippen MR) is 75.4 cm³/mol. The first-order valence-electron chi connectivity index (χ1n) is 6.54. The number of nitrogens with two attached hydrogens (primary N) is 1. The molecule has 1 aliphatic heterocycles. The number of benzene rings is 1. The van der Waals surface area contributed by atoms with Crippen molar-refractivity contribution in [3.8, 4) is 5.75 Å². The van der Waals surface area contributed by atoms with E-state index in [1.54, 1.807) is 0 Å². The SMILES string of the molecule is CCc1cc(Cl)c2c(c1)CN(CC)C(C(N)=O)CO2. The molecule has 0 aromatic heterocycles. The van der Waals surface area contributed by atoms with Crippen molar-refractivity contribution in [3.05, 3.63) is 28.3 Å². The van der Waals surface area contributed by atoms with Gasteiger partial charge in [0.1, 0.15) is 18.4 Å². The standard InChI is InChI=1S/C14H19ClN2O2/c1-3-9-5-10-7-17(4-2)12(14(16)18)8-19-13(10)11(15)6-9/h5-6,12H,3-4,7-8H2,1-2H3,(H2,16,18). The van der Waals surface area contributed by atoms with Gasteiger partial charge in [-0.2, -0.15) is 0 Å². The fourth-order valence-corrected chi connectivity index (χ4v) is 2.70. The van der Waals surface area contributed by atoms with Crippen molar-refractivity contribution in [2.75, 3.05) is 13.2 Å². The normalized spacial score (nSPS) is 19.4. The molecule has 1 atom stereocenters. The molecule has 2 rings (SSSR count). The van der Waals surface area contributed by atoms with Gasteiger partial charge in [-0.1, -0.05) is 31.5 Å². The van der Waals surface area contributed by atoms with E-state index in [-0.39, 0.29) is 12.5 Å². The Morgan fingerprint density at radius 2 is 2.26 bits per heavy atom. The molecule has 4 nitrogen and oxygen atoms in total. The van der Waals surface area contributed by atoms with Gasteiger partial charge in [0.2, 0.25) is 5.91 Å². The summed E-state index contributed by atoms with van der Waals surface area (Å²) in [5, 5.41) is 0.607. The third-order valence-electron chi connectivity index (χ3n) is 3.52. The Hall–Kier alpha value is -1.26. The number of halogens is 1. The minimum atomic E-state index is -0.404. The van der Waals surface area contributed by atoms with Crippen molar-refractivity contribution in [2.24, 2.45) is 5.73 Å².